The highest BCUT2D eigenvalue weighted by Crippen LogP contribution is 2.34. The van der Waals surface area contributed by atoms with E-state index in [4.69, 9.17) is 0 Å². The first-order valence-electron chi connectivity index (χ1n) is 17.9. The minimum absolute atomic E-state index is 0.0155. The first kappa shape index (κ1) is 38.5. The average Bonchev–Trinajstić information content (AvgIpc) is 3.69. The van der Waals surface area contributed by atoms with Gasteiger partial charge in [-0.25, -0.2) is 0 Å². The third-order valence-corrected chi connectivity index (χ3v) is 9.97. The van der Waals surface area contributed by atoms with Crippen molar-refractivity contribution in [3.8, 4) is 0 Å². The molecule has 5 amide bonds. The molecule has 0 aromatic carbocycles. The Morgan fingerprint density at radius 3 is 1.94 bits per heavy atom. The van der Waals surface area contributed by atoms with Crippen LogP contribution >= 0.6 is 0 Å². The highest BCUT2D eigenvalue weighted by Gasteiger charge is 2.48. The molecule has 0 radical (unpaired) electrons. The van der Waals surface area contributed by atoms with Gasteiger partial charge in [0.25, 0.3) is 5.91 Å². The second-order valence-electron chi connectivity index (χ2n) is 16.5. The van der Waals surface area contributed by atoms with E-state index in [1.54, 1.807) is 4.90 Å². The second-order valence-corrected chi connectivity index (χ2v) is 16.5. The van der Waals surface area contributed by atoms with E-state index in [-0.39, 0.29) is 35.6 Å². The molecule has 2 saturated carbocycles. The van der Waals surface area contributed by atoms with Crippen LogP contribution in [0.2, 0.25) is 0 Å². The van der Waals surface area contributed by atoms with Crippen LogP contribution in [0.3, 0.4) is 0 Å². The molecule has 0 spiro atoms. The van der Waals surface area contributed by atoms with Gasteiger partial charge in [-0.3, -0.25) is 28.8 Å². The number of Topliss-reactive ketones (excluding diaryl/α,β-unsaturated/α-hetero) is 1. The molecule has 5 atom stereocenters. The lowest BCUT2D eigenvalue weighted by Crippen LogP contribution is -2.63. The maximum absolute atomic E-state index is 14.5. The zero-order valence-corrected chi connectivity index (χ0v) is 30.3. The van der Waals surface area contributed by atoms with Gasteiger partial charge < -0.3 is 26.2 Å². The highest BCUT2D eigenvalue weighted by atomic mass is 16.2. The summed E-state index contributed by atoms with van der Waals surface area (Å²) in [6.07, 6.45) is 7.84. The van der Waals surface area contributed by atoms with E-state index in [2.05, 4.69) is 21.3 Å². The van der Waals surface area contributed by atoms with E-state index < -0.39 is 58.5 Å². The summed E-state index contributed by atoms with van der Waals surface area (Å²) in [6, 6.07) is -3.58. The van der Waals surface area contributed by atoms with Crippen LogP contribution in [-0.4, -0.2) is 77.0 Å². The van der Waals surface area contributed by atoms with Crippen LogP contribution in [0.5, 0.6) is 0 Å². The molecule has 1 saturated heterocycles. The lowest BCUT2D eigenvalue weighted by molar-refractivity contribution is -0.146. The van der Waals surface area contributed by atoms with Crippen molar-refractivity contribution < 1.29 is 28.8 Å². The molecule has 47 heavy (non-hydrogen) atoms. The molecule has 1 aliphatic heterocycles. The van der Waals surface area contributed by atoms with E-state index in [0.717, 1.165) is 44.9 Å². The summed E-state index contributed by atoms with van der Waals surface area (Å²) >= 11 is 0. The predicted molar refractivity (Wildman–Crippen MR) is 181 cm³/mol. The normalized spacial score (nSPS) is 22.6. The third-order valence-electron chi connectivity index (χ3n) is 9.97. The van der Waals surface area contributed by atoms with Crippen molar-refractivity contribution in [1.82, 2.24) is 26.2 Å². The number of ketones is 1. The zero-order valence-electron chi connectivity index (χ0n) is 30.3. The number of likely N-dealkylation sites (tertiary alicyclic amines) is 1. The Bertz CT molecular complexity index is 1160. The molecule has 1 unspecified atom stereocenters. The van der Waals surface area contributed by atoms with Gasteiger partial charge in [-0.1, -0.05) is 88.0 Å². The van der Waals surface area contributed by atoms with E-state index >= 15 is 0 Å². The van der Waals surface area contributed by atoms with Gasteiger partial charge in [0.1, 0.15) is 18.1 Å². The fourth-order valence-electron chi connectivity index (χ4n) is 6.82. The average molecular weight is 660 g/mol. The van der Waals surface area contributed by atoms with Gasteiger partial charge in [-0.05, 0) is 61.7 Å². The van der Waals surface area contributed by atoms with E-state index in [1.165, 1.54) is 0 Å². The van der Waals surface area contributed by atoms with E-state index in [0.29, 0.717) is 25.8 Å². The number of nitrogens with zero attached hydrogens (tertiary/aromatic N) is 1. The Kier molecular flexibility index (Phi) is 13.1. The lowest BCUT2D eigenvalue weighted by Gasteiger charge is -2.39. The Balaban J connectivity index is 1.87. The van der Waals surface area contributed by atoms with Gasteiger partial charge in [0.05, 0.1) is 6.04 Å². The summed E-state index contributed by atoms with van der Waals surface area (Å²) in [5.74, 6) is -2.95. The summed E-state index contributed by atoms with van der Waals surface area (Å²) in [5, 5.41) is 11.6. The fourth-order valence-corrected chi connectivity index (χ4v) is 6.82. The topological polar surface area (TPSA) is 154 Å². The first-order chi connectivity index (χ1) is 21.9. The number of hydrogen-bond donors (Lipinski definition) is 4. The van der Waals surface area contributed by atoms with Gasteiger partial charge in [-0.2, -0.15) is 0 Å². The molecular formula is C36H61N5O6. The van der Waals surface area contributed by atoms with E-state index in [9.17, 15) is 28.8 Å². The molecule has 11 nitrogen and oxygen atoms in total. The number of amides is 5. The summed E-state index contributed by atoms with van der Waals surface area (Å²) in [7, 11) is 0. The van der Waals surface area contributed by atoms with Crippen LogP contribution in [0.25, 0.3) is 0 Å². The second kappa shape index (κ2) is 15.9. The van der Waals surface area contributed by atoms with Gasteiger partial charge >= 0.3 is 0 Å². The molecule has 4 N–H and O–H groups in total. The van der Waals surface area contributed by atoms with Crippen LogP contribution in [0, 0.1) is 28.6 Å². The smallest absolute Gasteiger partial charge is 0.289 e. The molecule has 3 rings (SSSR count). The third kappa shape index (κ3) is 10.3. The molecule has 3 fully saturated rings. The Labute approximate surface area is 281 Å². The zero-order chi connectivity index (χ0) is 35.3. The SMILES string of the molecule is CCC[C@H](NC(=O)[C@@H]1[C@@H](C(C)C)CCN1C(=O)[C@@H](NC(=O)C(NC(=O)C(C)(C)C)C1CCCCC1)C(C)(C)C)C(=O)C(=O)NC1CC1. The number of carbonyl (C=O) groups is 6. The molecule has 266 valence electrons. The summed E-state index contributed by atoms with van der Waals surface area (Å²) in [5.41, 5.74) is -1.40. The van der Waals surface area contributed by atoms with Crippen LogP contribution < -0.4 is 21.3 Å². The van der Waals surface area contributed by atoms with Crippen molar-refractivity contribution in [3.05, 3.63) is 0 Å². The number of nitrogens with one attached hydrogen (secondary N) is 4. The minimum atomic E-state index is -0.989. The van der Waals surface area contributed by atoms with Crippen LogP contribution in [-0.2, 0) is 28.8 Å². The largest absolute Gasteiger partial charge is 0.347 e. The summed E-state index contributed by atoms with van der Waals surface area (Å²) < 4.78 is 0. The van der Waals surface area contributed by atoms with Crippen molar-refractivity contribution in [3.63, 3.8) is 0 Å². The highest BCUT2D eigenvalue weighted by molar-refractivity contribution is 6.38. The number of hydrogen-bond acceptors (Lipinski definition) is 6. The van der Waals surface area contributed by atoms with Crippen molar-refractivity contribution in [2.24, 2.45) is 28.6 Å². The molecule has 0 aromatic rings. The van der Waals surface area contributed by atoms with Crippen molar-refractivity contribution in [2.45, 2.75) is 157 Å². The van der Waals surface area contributed by atoms with Crippen molar-refractivity contribution >= 4 is 35.3 Å². The molecule has 1 heterocycles. The quantitative estimate of drug-likeness (QED) is 0.222. The molecule has 3 aliphatic rings. The van der Waals surface area contributed by atoms with Gasteiger partial charge in [0, 0.05) is 18.0 Å². The molecule has 11 heteroatoms. The summed E-state index contributed by atoms with van der Waals surface area (Å²) in [6.45, 7) is 17.3. The van der Waals surface area contributed by atoms with Crippen molar-refractivity contribution in [2.75, 3.05) is 6.54 Å². The van der Waals surface area contributed by atoms with Crippen LogP contribution in [0.4, 0.5) is 0 Å². The Morgan fingerprint density at radius 1 is 0.809 bits per heavy atom. The Hall–Kier alpha value is -2.98. The fraction of sp³-hybridized carbons (Fsp3) is 0.833. The molecule has 0 bridgehead atoms. The van der Waals surface area contributed by atoms with Crippen molar-refractivity contribution in [1.29, 1.82) is 0 Å². The monoisotopic (exact) mass is 659 g/mol. The Morgan fingerprint density at radius 2 is 1.43 bits per heavy atom. The maximum atomic E-state index is 14.5. The van der Waals surface area contributed by atoms with E-state index in [1.807, 2.05) is 62.3 Å². The number of rotatable bonds is 13. The maximum Gasteiger partial charge on any atom is 0.289 e. The van der Waals surface area contributed by atoms with Gasteiger partial charge in [-0.15, -0.1) is 0 Å². The number of carbonyl (C=O) groups excluding carboxylic acids is 6. The standard InChI is InChI=1S/C36H61N5O6/c1-10-14-25(28(42)32(45)37-23-17-18-23)38-31(44)27-24(21(2)3)19-20-41(27)33(46)29(35(4,5)6)40-30(43)26(22-15-12-11-13-16-22)39-34(47)36(7,8)9/h21-27,29H,10-20H2,1-9H3,(H,37,45)(H,38,44)(H,39,47)(H,40,43)/t24-,25+,26?,27+,29-/m1/s1. The molecule has 0 aromatic heterocycles. The molecule has 2 aliphatic carbocycles. The first-order valence-corrected chi connectivity index (χ1v) is 17.9. The lowest BCUT2D eigenvalue weighted by atomic mass is 9.81. The van der Waals surface area contributed by atoms with Crippen LogP contribution in [0.15, 0.2) is 0 Å². The van der Waals surface area contributed by atoms with Crippen LogP contribution in [0.1, 0.15) is 127 Å². The predicted octanol–water partition coefficient (Wildman–Crippen LogP) is 3.63. The van der Waals surface area contributed by atoms with Gasteiger partial charge in [0.2, 0.25) is 29.4 Å². The minimum Gasteiger partial charge on any atom is -0.347 e. The summed E-state index contributed by atoms with van der Waals surface area (Å²) in [4.78, 5) is 82.9. The van der Waals surface area contributed by atoms with Gasteiger partial charge in [0.15, 0.2) is 0 Å². The molecular weight excluding hydrogens is 598 g/mol.